The van der Waals surface area contributed by atoms with Crippen LogP contribution < -0.4 is 4.90 Å². The molecule has 1 aromatic heterocycles. The van der Waals surface area contributed by atoms with Gasteiger partial charge in [-0.1, -0.05) is 25.4 Å². The summed E-state index contributed by atoms with van der Waals surface area (Å²) in [6.45, 7) is 6.74. The maximum Gasteiger partial charge on any atom is 0.292 e. The lowest BCUT2D eigenvalue weighted by Crippen LogP contribution is -2.51. The first kappa shape index (κ1) is 15.7. The fourth-order valence-corrected chi connectivity index (χ4v) is 3.45. The number of halogens is 1. The summed E-state index contributed by atoms with van der Waals surface area (Å²) < 4.78 is 11.9. The molecule has 126 valence electrons. The van der Waals surface area contributed by atoms with E-state index in [-0.39, 0.29) is 11.3 Å². The van der Waals surface area contributed by atoms with E-state index in [1.165, 1.54) is 0 Å². The molecule has 4 rings (SSSR count). The Kier molecular flexibility index (Phi) is 3.20. The molecular formula is C17H18ClN3O3. The van der Waals surface area contributed by atoms with E-state index in [9.17, 15) is 4.79 Å². The van der Waals surface area contributed by atoms with Crippen LogP contribution in [0.2, 0.25) is 5.15 Å². The number of aryl methyl sites for hydroxylation is 1. The van der Waals surface area contributed by atoms with Gasteiger partial charge in [-0.15, -0.1) is 0 Å². The second-order valence-corrected chi connectivity index (χ2v) is 7.53. The standard InChI is InChI=1S/C17H18ClN3O3/c1-9-19-12-6-11-13(5-10(12)14(18)20-9)21(4)15(22)17(11)23-7-16(2,3)8-24-17/h5-6H,7-8H2,1-4H3. The molecule has 1 saturated heterocycles. The van der Waals surface area contributed by atoms with Crippen LogP contribution in [0, 0.1) is 12.3 Å². The molecule has 0 N–H and O–H groups in total. The molecule has 6 nitrogen and oxygen atoms in total. The summed E-state index contributed by atoms with van der Waals surface area (Å²) in [6, 6.07) is 3.65. The van der Waals surface area contributed by atoms with Crippen LogP contribution in [0.3, 0.4) is 0 Å². The Labute approximate surface area is 144 Å². The number of hydrogen-bond acceptors (Lipinski definition) is 5. The van der Waals surface area contributed by atoms with Crippen LogP contribution in [0.4, 0.5) is 5.69 Å². The van der Waals surface area contributed by atoms with E-state index >= 15 is 0 Å². The topological polar surface area (TPSA) is 64.6 Å². The number of amides is 1. The van der Waals surface area contributed by atoms with Crippen molar-refractivity contribution in [3.8, 4) is 0 Å². The SMILES string of the molecule is Cc1nc(Cl)c2cc3c(cc2n1)C1(OCC(C)(C)CO1)C(=O)N3C. The summed E-state index contributed by atoms with van der Waals surface area (Å²) in [5.74, 6) is -1.05. The van der Waals surface area contributed by atoms with Gasteiger partial charge in [0.1, 0.15) is 11.0 Å². The van der Waals surface area contributed by atoms with Crippen molar-refractivity contribution in [2.24, 2.45) is 5.41 Å². The number of likely N-dealkylation sites (N-methyl/N-ethyl adjacent to an activating group) is 1. The molecule has 7 heteroatoms. The summed E-state index contributed by atoms with van der Waals surface area (Å²) in [5.41, 5.74) is 1.92. The van der Waals surface area contributed by atoms with Gasteiger partial charge in [0.25, 0.3) is 11.7 Å². The lowest BCUT2D eigenvalue weighted by molar-refractivity contribution is -0.286. The van der Waals surface area contributed by atoms with E-state index in [0.717, 1.165) is 0 Å². The molecule has 0 bridgehead atoms. The lowest BCUT2D eigenvalue weighted by Gasteiger charge is -2.40. The molecule has 0 radical (unpaired) electrons. The number of anilines is 1. The predicted molar refractivity (Wildman–Crippen MR) is 90.1 cm³/mol. The normalized spacial score (nSPS) is 21.5. The van der Waals surface area contributed by atoms with Crippen molar-refractivity contribution in [3.63, 3.8) is 0 Å². The third kappa shape index (κ3) is 2.06. The van der Waals surface area contributed by atoms with Crippen molar-refractivity contribution in [1.82, 2.24) is 9.97 Å². The van der Waals surface area contributed by atoms with Crippen molar-refractivity contribution < 1.29 is 14.3 Å². The second-order valence-electron chi connectivity index (χ2n) is 7.17. The minimum absolute atomic E-state index is 0.133. The van der Waals surface area contributed by atoms with Crippen LogP contribution in [0.5, 0.6) is 0 Å². The quantitative estimate of drug-likeness (QED) is 0.686. The largest absolute Gasteiger partial charge is 0.338 e. The Morgan fingerprint density at radius 3 is 2.54 bits per heavy atom. The zero-order valence-corrected chi connectivity index (χ0v) is 14.8. The van der Waals surface area contributed by atoms with Gasteiger partial charge in [0, 0.05) is 23.4 Å². The number of carbonyl (C=O) groups is 1. The maximum atomic E-state index is 12.9. The van der Waals surface area contributed by atoms with Gasteiger partial charge in [-0.2, -0.15) is 0 Å². The first-order chi connectivity index (χ1) is 11.2. The first-order valence-corrected chi connectivity index (χ1v) is 8.16. The molecule has 2 aromatic rings. The van der Waals surface area contributed by atoms with Crippen molar-refractivity contribution in [1.29, 1.82) is 0 Å². The van der Waals surface area contributed by atoms with Gasteiger partial charge in [-0.25, -0.2) is 9.97 Å². The van der Waals surface area contributed by atoms with Gasteiger partial charge in [-0.05, 0) is 19.1 Å². The van der Waals surface area contributed by atoms with Gasteiger partial charge in [0.2, 0.25) is 0 Å². The average molecular weight is 348 g/mol. The molecule has 2 aliphatic heterocycles. The van der Waals surface area contributed by atoms with Crippen LogP contribution in [0.15, 0.2) is 12.1 Å². The first-order valence-electron chi connectivity index (χ1n) is 7.78. The number of carbonyl (C=O) groups excluding carboxylic acids is 1. The highest BCUT2D eigenvalue weighted by Gasteiger charge is 2.56. The number of nitrogens with zero attached hydrogens (tertiary/aromatic N) is 3. The molecule has 3 heterocycles. The highest BCUT2D eigenvalue weighted by Crippen LogP contribution is 2.48. The zero-order chi connectivity index (χ0) is 17.3. The van der Waals surface area contributed by atoms with Crippen LogP contribution in [0.25, 0.3) is 10.9 Å². The fraction of sp³-hybridized carbons (Fsp3) is 0.471. The third-order valence-corrected chi connectivity index (χ3v) is 4.80. The van der Waals surface area contributed by atoms with E-state index in [2.05, 4.69) is 9.97 Å². The average Bonchev–Trinajstić information content (AvgIpc) is 2.71. The van der Waals surface area contributed by atoms with Crippen molar-refractivity contribution >= 4 is 34.1 Å². The van der Waals surface area contributed by atoms with E-state index < -0.39 is 5.79 Å². The minimum atomic E-state index is -1.39. The Bertz CT molecular complexity index is 871. The Balaban J connectivity index is 1.93. The van der Waals surface area contributed by atoms with E-state index in [1.54, 1.807) is 18.9 Å². The molecule has 0 saturated carbocycles. The van der Waals surface area contributed by atoms with Crippen LogP contribution in [-0.2, 0) is 20.1 Å². The molecule has 0 atom stereocenters. The van der Waals surface area contributed by atoms with Gasteiger partial charge in [0.05, 0.1) is 24.4 Å². The summed E-state index contributed by atoms with van der Waals surface area (Å²) in [6.07, 6.45) is 0. The number of benzene rings is 1. The smallest absolute Gasteiger partial charge is 0.292 e. The van der Waals surface area contributed by atoms with Crippen LogP contribution in [0.1, 0.15) is 25.2 Å². The maximum absolute atomic E-state index is 12.9. The Hall–Kier alpha value is -1.76. The van der Waals surface area contributed by atoms with Gasteiger partial charge in [0.15, 0.2) is 0 Å². The number of aromatic nitrogens is 2. The van der Waals surface area contributed by atoms with Crippen LogP contribution in [-0.4, -0.2) is 36.1 Å². The predicted octanol–water partition coefficient (Wildman–Crippen LogP) is 2.79. The molecule has 0 unspecified atom stereocenters. The zero-order valence-electron chi connectivity index (χ0n) is 14.0. The number of ether oxygens (including phenoxy) is 2. The fourth-order valence-electron chi connectivity index (χ4n) is 3.18. The molecule has 1 aromatic carbocycles. The highest BCUT2D eigenvalue weighted by atomic mass is 35.5. The number of hydrogen-bond donors (Lipinski definition) is 0. The van der Waals surface area contributed by atoms with Gasteiger partial charge >= 0.3 is 0 Å². The number of fused-ring (bicyclic) bond motifs is 3. The van der Waals surface area contributed by atoms with Crippen molar-refractivity contribution in [2.75, 3.05) is 25.2 Å². The Morgan fingerprint density at radius 2 is 1.88 bits per heavy atom. The highest BCUT2D eigenvalue weighted by molar-refractivity contribution is 6.34. The molecule has 1 spiro atoms. The number of rotatable bonds is 0. The summed E-state index contributed by atoms with van der Waals surface area (Å²) >= 11 is 6.25. The Morgan fingerprint density at radius 1 is 1.21 bits per heavy atom. The lowest BCUT2D eigenvalue weighted by atomic mass is 9.93. The second kappa shape index (κ2) is 4.88. The summed E-state index contributed by atoms with van der Waals surface area (Å²) in [4.78, 5) is 23.0. The molecule has 1 amide bonds. The molecule has 24 heavy (non-hydrogen) atoms. The third-order valence-electron chi connectivity index (χ3n) is 4.51. The van der Waals surface area contributed by atoms with Gasteiger partial charge < -0.3 is 14.4 Å². The molecule has 1 fully saturated rings. The van der Waals surface area contributed by atoms with Gasteiger partial charge in [-0.3, -0.25) is 4.79 Å². The summed E-state index contributed by atoms with van der Waals surface area (Å²) in [5, 5.41) is 1.07. The molecule has 0 aliphatic carbocycles. The minimum Gasteiger partial charge on any atom is -0.338 e. The van der Waals surface area contributed by atoms with Crippen molar-refractivity contribution in [2.45, 2.75) is 26.6 Å². The van der Waals surface area contributed by atoms with Crippen LogP contribution >= 0.6 is 11.6 Å². The molecule has 2 aliphatic rings. The van der Waals surface area contributed by atoms with Crippen molar-refractivity contribution in [3.05, 3.63) is 28.7 Å². The van der Waals surface area contributed by atoms with E-state index in [1.807, 2.05) is 26.0 Å². The van der Waals surface area contributed by atoms with E-state index in [4.69, 9.17) is 21.1 Å². The molecular weight excluding hydrogens is 330 g/mol. The monoisotopic (exact) mass is 347 g/mol. The van der Waals surface area contributed by atoms with E-state index in [0.29, 0.717) is 46.3 Å². The summed E-state index contributed by atoms with van der Waals surface area (Å²) in [7, 11) is 1.71.